The molecule has 6 nitrogen and oxygen atoms in total. The molecule has 0 saturated carbocycles. The molecule has 0 heterocycles. The Morgan fingerprint density at radius 3 is 2.14 bits per heavy atom. The Labute approximate surface area is 122 Å². The van der Waals surface area contributed by atoms with Crippen molar-refractivity contribution in [2.75, 3.05) is 26.4 Å². The molecular weight excluding hydrogens is 276 g/mol. The smallest absolute Gasteiger partial charge is 0.339 e. The highest BCUT2D eigenvalue weighted by atomic mass is 16.6. The lowest BCUT2D eigenvalue weighted by Gasteiger charge is -2.09. The van der Waals surface area contributed by atoms with E-state index >= 15 is 0 Å². The number of aliphatic hydroxyl groups excluding tert-OH is 1. The molecule has 1 aromatic rings. The predicted molar refractivity (Wildman–Crippen MR) is 74.9 cm³/mol. The second kappa shape index (κ2) is 9.55. The zero-order valence-corrected chi connectivity index (χ0v) is 11.8. The van der Waals surface area contributed by atoms with Crippen LogP contribution in [0.2, 0.25) is 0 Å². The Balaban J connectivity index is 2.64. The summed E-state index contributed by atoms with van der Waals surface area (Å²) in [6, 6.07) is 6.18. The van der Waals surface area contributed by atoms with Crippen molar-refractivity contribution in [3.63, 3.8) is 0 Å². The fourth-order valence-corrected chi connectivity index (χ4v) is 1.48. The normalized spacial score (nSPS) is 10.4. The molecule has 0 aliphatic heterocycles. The molecule has 1 aromatic carbocycles. The summed E-state index contributed by atoms with van der Waals surface area (Å²) in [7, 11) is 0. The molecule has 0 unspecified atom stereocenters. The first-order valence-corrected chi connectivity index (χ1v) is 6.47. The van der Waals surface area contributed by atoms with E-state index in [4.69, 9.17) is 19.3 Å². The summed E-state index contributed by atoms with van der Waals surface area (Å²) in [5, 5.41) is 8.64. The first kappa shape index (κ1) is 16.7. The third-order valence-electron chi connectivity index (χ3n) is 2.36. The summed E-state index contributed by atoms with van der Waals surface area (Å²) >= 11 is 0. The maximum atomic E-state index is 11.9. The molecule has 0 amide bonds. The van der Waals surface area contributed by atoms with Gasteiger partial charge in [-0.25, -0.2) is 9.59 Å². The van der Waals surface area contributed by atoms with Gasteiger partial charge in [-0.2, -0.15) is 0 Å². The van der Waals surface area contributed by atoms with Gasteiger partial charge < -0.3 is 19.3 Å². The molecule has 1 N–H and O–H groups in total. The van der Waals surface area contributed by atoms with Gasteiger partial charge in [0.15, 0.2) is 0 Å². The van der Waals surface area contributed by atoms with Crippen molar-refractivity contribution in [3.8, 4) is 0 Å². The van der Waals surface area contributed by atoms with Gasteiger partial charge in [0, 0.05) is 0 Å². The van der Waals surface area contributed by atoms with Gasteiger partial charge in [-0.1, -0.05) is 18.2 Å². The summed E-state index contributed by atoms with van der Waals surface area (Å²) in [5.41, 5.74) is 0.219. The molecule has 114 valence electrons. The molecule has 0 aliphatic carbocycles. The molecule has 0 aromatic heterocycles. The summed E-state index contributed by atoms with van der Waals surface area (Å²) in [4.78, 5) is 23.7. The van der Waals surface area contributed by atoms with Crippen LogP contribution >= 0.6 is 0 Å². The first-order valence-electron chi connectivity index (χ1n) is 6.47. The second-order valence-electron chi connectivity index (χ2n) is 3.88. The molecule has 0 bridgehead atoms. The van der Waals surface area contributed by atoms with E-state index in [9.17, 15) is 9.59 Å². The zero-order chi connectivity index (χ0) is 15.5. The van der Waals surface area contributed by atoms with Gasteiger partial charge in [-0.15, -0.1) is 0 Å². The molecule has 0 spiro atoms. The third-order valence-corrected chi connectivity index (χ3v) is 2.36. The van der Waals surface area contributed by atoms with Crippen molar-refractivity contribution in [2.24, 2.45) is 0 Å². The summed E-state index contributed by atoms with van der Waals surface area (Å²) in [6.07, 6.45) is 3.21. The van der Waals surface area contributed by atoms with Crippen LogP contribution in [0.4, 0.5) is 0 Å². The van der Waals surface area contributed by atoms with Gasteiger partial charge in [0.1, 0.15) is 19.8 Å². The average molecular weight is 294 g/mol. The lowest BCUT2D eigenvalue weighted by atomic mass is 10.1. The fourth-order valence-electron chi connectivity index (χ4n) is 1.48. The zero-order valence-electron chi connectivity index (χ0n) is 11.8. The minimum absolute atomic E-state index is 0.0726. The average Bonchev–Trinajstić information content (AvgIpc) is 2.52. The number of carbonyl (C=O) groups excluding carboxylic acids is 2. The SMILES string of the molecule is CC=COCCOC(=O)c1ccccc1C(=O)OCCO. The number of ether oxygens (including phenoxy) is 3. The van der Waals surface area contributed by atoms with Crippen LogP contribution < -0.4 is 0 Å². The van der Waals surface area contributed by atoms with E-state index in [0.717, 1.165) is 0 Å². The van der Waals surface area contributed by atoms with Gasteiger partial charge in [0.05, 0.1) is 24.0 Å². The molecule has 1 rings (SSSR count). The van der Waals surface area contributed by atoms with Crippen LogP contribution in [0.1, 0.15) is 27.6 Å². The van der Waals surface area contributed by atoms with Crippen molar-refractivity contribution < 1.29 is 28.9 Å². The van der Waals surface area contributed by atoms with Gasteiger partial charge >= 0.3 is 11.9 Å². The Kier molecular flexibility index (Phi) is 7.60. The fraction of sp³-hybridized carbons (Fsp3) is 0.333. The van der Waals surface area contributed by atoms with Crippen LogP contribution in [-0.4, -0.2) is 43.5 Å². The number of hydrogen-bond donors (Lipinski definition) is 1. The van der Waals surface area contributed by atoms with Crippen LogP contribution in [-0.2, 0) is 14.2 Å². The highest BCUT2D eigenvalue weighted by molar-refractivity contribution is 6.03. The van der Waals surface area contributed by atoms with Crippen LogP contribution in [0, 0.1) is 0 Å². The lowest BCUT2D eigenvalue weighted by molar-refractivity contribution is 0.0382. The van der Waals surface area contributed by atoms with Gasteiger partial charge in [0.2, 0.25) is 0 Å². The molecule has 0 aliphatic rings. The Morgan fingerprint density at radius 2 is 1.62 bits per heavy atom. The predicted octanol–water partition coefficient (Wildman–Crippen LogP) is 1.54. The van der Waals surface area contributed by atoms with Crippen LogP contribution in [0.25, 0.3) is 0 Å². The van der Waals surface area contributed by atoms with E-state index in [1.165, 1.54) is 18.4 Å². The number of rotatable bonds is 8. The number of benzene rings is 1. The number of carbonyl (C=O) groups is 2. The minimum atomic E-state index is -0.679. The largest absolute Gasteiger partial charge is 0.498 e. The van der Waals surface area contributed by atoms with Crippen molar-refractivity contribution in [1.82, 2.24) is 0 Å². The lowest BCUT2D eigenvalue weighted by Crippen LogP contribution is -2.16. The van der Waals surface area contributed by atoms with E-state index in [1.54, 1.807) is 25.1 Å². The van der Waals surface area contributed by atoms with Crippen LogP contribution in [0.3, 0.4) is 0 Å². The van der Waals surface area contributed by atoms with Gasteiger partial charge in [-0.3, -0.25) is 0 Å². The molecule has 0 fully saturated rings. The van der Waals surface area contributed by atoms with Crippen molar-refractivity contribution in [2.45, 2.75) is 6.92 Å². The Morgan fingerprint density at radius 1 is 1.05 bits per heavy atom. The number of allylic oxidation sites excluding steroid dienone is 1. The van der Waals surface area contributed by atoms with Gasteiger partial charge in [-0.05, 0) is 19.1 Å². The van der Waals surface area contributed by atoms with Crippen molar-refractivity contribution in [3.05, 3.63) is 47.7 Å². The van der Waals surface area contributed by atoms with E-state index in [-0.39, 0.29) is 37.6 Å². The Hall–Kier alpha value is -2.34. The second-order valence-corrected chi connectivity index (χ2v) is 3.88. The Bertz CT molecular complexity index is 495. The first-order chi connectivity index (χ1) is 10.2. The number of aliphatic hydroxyl groups is 1. The van der Waals surface area contributed by atoms with Crippen molar-refractivity contribution >= 4 is 11.9 Å². The molecule has 0 radical (unpaired) electrons. The number of hydrogen-bond acceptors (Lipinski definition) is 6. The monoisotopic (exact) mass is 294 g/mol. The van der Waals surface area contributed by atoms with E-state index in [1.807, 2.05) is 0 Å². The molecule has 21 heavy (non-hydrogen) atoms. The molecule has 0 atom stereocenters. The third kappa shape index (κ3) is 5.66. The summed E-state index contributed by atoms with van der Waals surface area (Å²) in [5.74, 6) is -1.31. The van der Waals surface area contributed by atoms with Gasteiger partial charge in [0.25, 0.3) is 0 Å². The standard InChI is InChI=1S/C15H18O6/c1-2-8-19-10-11-21-15(18)13-6-4-3-5-12(13)14(17)20-9-7-16/h2-6,8,16H,7,9-11H2,1H3. The van der Waals surface area contributed by atoms with Crippen molar-refractivity contribution in [1.29, 1.82) is 0 Å². The van der Waals surface area contributed by atoms with Crippen LogP contribution in [0.15, 0.2) is 36.6 Å². The maximum absolute atomic E-state index is 11.9. The van der Waals surface area contributed by atoms with E-state index in [0.29, 0.717) is 0 Å². The van der Waals surface area contributed by atoms with E-state index in [2.05, 4.69) is 0 Å². The minimum Gasteiger partial charge on any atom is -0.498 e. The summed E-state index contributed by atoms with van der Waals surface area (Å²) < 4.78 is 14.8. The molecule has 0 saturated heterocycles. The topological polar surface area (TPSA) is 82.1 Å². The maximum Gasteiger partial charge on any atom is 0.339 e. The summed E-state index contributed by atoms with van der Waals surface area (Å²) in [6.45, 7) is 1.71. The molecule has 6 heteroatoms. The van der Waals surface area contributed by atoms with E-state index < -0.39 is 11.9 Å². The quantitative estimate of drug-likeness (QED) is 0.445. The van der Waals surface area contributed by atoms with Crippen LogP contribution in [0.5, 0.6) is 0 Å². The highest BCUT2D eigenvalue weighted by Gasteiger charge is 2.18. The molecular formula is C15H18O6. The highest BCUT2D eigenvalue weighted by Crippen LogP contribution is 2.12. The number of esters is 2.